The van der Waals surface area contributed by atoms with E-state index in [2.05, 4.69) is 0 Å². The summed E-state index contributed by atoms with van der Waals surface area (Å²) in [5, 5.41) is 0. The molecular formula is C13H15F3N2O3S. The van der Waals surface area contributed by atoms with Gasteiger partial charge in [-0.2, -0.15) is 4.31 Å². The molecule has 1 aromatic rings. The second kappa shape index (κ2) is 5.88. The van der Waals surface area contributed by atoms with Crippen LogP contribution in [-0.4, -0.2) is 45.0 Å². The maximum absolute atomic E-state index is 14.0. The van der Waals surface area contributed by atoms with Crippen LogP contribution in [0.3, 0.4) is 0 Å². The average molecular weight is 336 g/mol. The van der Waals surface area contributed by atoms with Crippen LogP contribution < -0.4 is 4.90 Å². The lowest BCUT2D eigenvalue weighted by Gasteiger charge is -2.31. The molecule has 1 amide bonds. The van der Waals surface area contributed by atoms with Crippen LogP contribution in [0.1, 0.15) is 12.0 Å². The number of fused-ring (bicyclic) bond motifs is 1. The Hall–Kier alpha value is -1.61. The number of amides is 1. The third-order valence-electron chi connectivity index (χ3n) is 3.54. The third-order valence-corrected chi connectivity index (χ3v) is 4.80. The standard InChI is InChI=1S/C13H15F3N2O3S/c1-17(22(2,20)21)7-10(19)18-5-3-4-8-6-9(14)11(15)12(16)13(8)18/h6H,3-5,7H2,1-2H3. The van der Waals surface area contributed by atoms with Crippen molar-refractivity contribution in [3.63, 3.8) is 0 Å². The molecule has 1 aliphatic rings. The number of hydrogen-bond acceptors (Lipinski definition) is 3. The molecule has 1 aliphatic heterocycles. The SMILES string of the molecule is CN(CC(=O)N1CCCc2cc(F)c(F)c(F)c21)S(C)(=O)=O. The molecule has 0 spiro atoms. The zero-order valence-corrected chi connectivity index (χ0v) is 12.9. The number of carbonyl (C=O) groups is 1. The molecule has 0 bridgehead atoms. The van der Waals surface area contributed by atoms with Gasteiger partial charge in [-0.15, -0.1) is 0 Å². The molecule has 1 heterocycles. The fourth-order valence-electron chi connectivity index (χ4n) is 2.30. The van der Waals surface area contributed by atoms with Crippen molar-refractivity contribution in [1.82, 2.24) is 4.31 Å². The highest BCUT2D eigenvalue weighted by atomic mass is 32.2. The van der Waals surface area contributed by atoms with E-state index in [-0.39, 0.29) is 17.8 Å². The van der Waals surface area contributed by atoms with Gasteiger partial charge in [-0.3, -0.25) is 4.79 Å². The van der Waals surface area contributed by atoms with Crippen molar-refractivity contribution in [3.05, 3.63) is 29.1 Å². The van der Waals surface area contributed by atoms with E-state index in [0.717, 1.165) is 21.5 Å². The third kappa shape index (κ3) is 3.09. The summed E-state index contributed by atoms with van der Waals surface area (Å²) in [4.78, 5) is 13.2. The molecule has 0 saturated heterocycles. The fourth-order valence-corrected chi connectivity index (χ4v) is 2.64. The second-order valence-electron chi connectivity index (χ2n) is 5.16. The van der Waals surface area contributed by atoms with Crippen molar-refractivity contribution in [2.45, 2.75) is 12.8 Å². The minimum absolute atomic E-state index is 0.116. The summed E-state index contributed by atoms with van der Waals surface area (Å²) >= 11 is 0. The summed E-state index contributed by atoms with van der Waals surface area (Å²) in [5.74, 6) is -5.07. The summed E-state index contributed by atoms with van der Waals surface area (Å²) in [6, 6.07) is 0.869. The topological polar surface area (TPSA) is 57.7 Å². The quantitative estimate of drug-likeness (QED) is 0.781. The normalized spacial score (nSPS) is 15.1. The first-order valence-electron chi connectivity index (χ1n) is 6.51. The molecule has 0 N–H and O–H groups in total. The Labute approximate surface area is 126 Å². The largest absolute Gasteiger partial charge is 0.308 e. The van der Waals surface area contributed by atoms with E-state index in [1.165, 1.54) is 7.05 Å². The van der Waals surface area contributed by atoms with E-state index in [1.807, 2.05) is 0 Å². The van der Waals surface area contributed by atoms with E-state index in [1.54, 1.807) is 0 Å². The number of aryl methyl sites for hydroxylation is 1. The van der Waals surface area contributed by atoms with Gasteiger partial charge in [0.15, 0.2) is 17.5 Å². The molecule has 2 rings (SSSR count). The van der Waals surface area contributed by atoms with Crippen molar-refractivity contribution in [3.8, 4) is 0 Å². The molecule has 122 valence electrons. The Morgan fingerprint density at radius 2 is 1.95 bits per heavy atom. The minimum atomic E-state index is -3.58. The number of halogens is 3. The van der Waals surface area contributed by atoms with E-state index < -0.39 is 39.9 Å². The molecule has 0 unspecified atom stereocenters. The number of hydrogen-bond donors (Lipinski definition) is 0. The fraction of sp³-hybridized carbons (Fsp3) is 0.462. The maximum atomic E-state index is 14.0. The van der Waals surface area contributed by atoms with Crippen LogP contribution >= 0.6 is 0 Å². The van der Waals surface area contributed by atoms with Gasteiger partial charge < -0.3 is 4.90 Å². The van der Waals surface area contributed by atoms with Crippen LogP contribution in [0.5, 0.6) is 0 Å². The molecule has 22 heavy (non-hydrogen) atoms. The molecular weight excluding hydrogens is 321 g/mol. The Kier molecular flexibility index (Phi) is 4.48. The minimum Gasteiger partial charge on any atom is -0.308 e. The highest BCUT2D eigenvalue weighted by molar-refractivity contribution is 7.88. The van der Waals surface area contributed by atoms with Gasteiger partial charge in [-0.1, -0.05) is 0 Å². The van der Waals surface area contributed by atoms with E-state index in [0.29, 0.717) is 12.8 Å². The molecule has 0 aromatic heterocycles. The van der Waals surface area contributed by atoms with Crippen molar-refractivity contribution in [1.29, 1.82) is 0 Å². The van der Waals surface area contributed by atoms with Gasteiger partial charge in [0.25, 0.3) is 0 Å². The van der Waals surface area contributed by atoms with Crippen LogP contribution in [0.15, 0.2) is 6.07 Å². The summed E-state index contributed by atoms with van der Waals surface area (Å²) in [6.07, 6.45) is 1.70. The van der Waals surface area contributed by atoms with E-state index >= 15 is 0 Å². The number of nitrogens with zero attached hydrogens (tertiary/aromatic N) is 2. The number of benzene rings is 1. The molecule has 0 fully saturated rings. The van der Waals surface area contributed by atoms with Crippen LogP contribution in [0.4, 0.5) is 18.9 Å². The van der Waals surface area contributed by atoms with E-state index in [4.69, 9.17) is 0 Å². The number of sulfonamides is 1. The number of likely N-dealkylation sites (N-methyl/N-ethyl adjacent to an activating group) is 1. The van der Waals surface area contributed by atoms with Crippen LogP contribution in [0.25, 0.3) is 0 Å². The van der Waals surface area contributed by atoms with Gasteiger partial charge in [0.1, 0.15) is 0 Å². The molecule has 9 heteroatoms. The Morgan fingerprint density at radius 3 is 2.55 bits per heavy atom. The predicted molar refractivity (Wildman–Crippen MR) is 74.5 cm³/mol. The van der Waals surface area contributed by atoms with Gasteiger partial charge in [-0.25, -0.2) is 21.6 Å². The van der Waals surface area contributed by atoms with Gasteiger partial charge in [0, 0.05) is 13.6 Å². The zero-order chi connectivity index (χ0) is 16.7. The smallest absolute Gasteiger partial charge is 0.242 e. The highest BCUT2D eigenvalue weighted by Gasteiger charge is 2.30. The lowest BCUT2D eigenvalue weighted by molar-refractivity contribution is -0.118. The summed E-state index contributed by atoms with van der Waals surface area (Å²) in [7, 11) is -2.37. The highest BCUT2D eigenvalue weighted by Crippen LogP contribution is 2.33. The Bertz CT molecular complexity index is 722. The van der Waals surface area contributed by atoms with Crippen LogP contribution in [0.2, 0.25) is 0 Å². The first-order valence-corrected chi connectivity index (χ1v) is 8.35. The summed E-state index contributed by atoms with van der Waals surface area (Å²) in [6.45, 7) is -0.387. The summed E-state index contributed by atoms with van der Waals surface area (Å²) < 4.78 is 64.1. The van der Waals surface area contributed by atoms with Crippen molar-refractivity contribution >= 4 is 21.6 Å². The molecule has 0 radical (unpaired) electrons. The van der Waals surface area contributed by atoms with E-state index in [9.17, 15) is 26.4 Å². The number of carbonyl (C=O) groups excluding carboxylic acids is 1. The maximum Gasteiger partial charge on any atom is 0.242 e. The average Bonchev–Trinajstić information content (AvgIpc) is 2.43. The Morgan fingerprint density at radius 1 is 1.32 bits per heavy atom. The van der Waals surface area contributed by atoms with Crippen LogP contribution in [0, 0.1) is 17.5 Å². The van der Waals surface area contributed by atoms with Crippen molar-refractivity contribution in [2.75, 3.05) is 31.3 Å². The molecule has 0 saturated carbocycles. The second-order valence-corrected chi connectivity index (χ2v) is 7.25. The van der Waals surface area contributed by atoms with Crippen molar-refractivity contribution < 1.29 is 26.4 Å². The molecule has 0 aliphatic carbocycles. The molecule has 1 aromatic carbocycles. The van der Waals surface area contributed by atoms with Gasteiger partial charge >= 0.3 is 0 Å². The lowest BCUT2D eigenvalue weighted by Crippen LogP contribution is -2.43. The summed E-state index contributed by atoms with van der Waals surface area (Å²) in [5.41, 5.74) is -0.116. The Balaban J connectivity index is 2.37. The zero-order valence-electron chi connectivity index (χ0n) is 12.1. The first-order chi connectivity index (χ1) is 10.1. The monoisotopic (exact) mass is 336 g/mol. The first kappa shape index (κ1) is 16.8. The van der Waals surface area contributed by atoms with Gasteiger partial charge in [-0.05, 0) is 24.5 Å². The molecule has 5 nitrogen and oxygen atoms in total. The number of anilines is 1. The predicted octanol–water partition coefficient (Wildman–Crippen LogP) is 1.27. The lowest BCUT2D eigenvalue weighted by atomic mass is 10.0. The van der Waals surface area contributed by atoms with Crippen molar-refractivity contribution in [2.24, 2.45) is 0 Å². The van der Waals surface area contributed by atoms with Gasteiger partial charge in [0.05, 0.1) is 18.5 Å². The van der Waals surface area contributed by atoms with Crippen LogP contribution in [-0.2, 0) is 21.2 Å². The van der Waals surface area contributed by atoms with Gasteiger partial charge in [0.2, 0.25) is 15.9 Å². The number of rotatable bonds is 3. The molecule has 0 atom stereocenters.